The van der Waals surface area contributed by atoms with Gasteiger partial charge in [0.15, 0.2) is 0 Å². The molecule has 1 amide bonds. The Morgan fingerprint density at radius 2 is 1.49 bits per heavy atom. The molecule has 1 heterocycles. The van der Waals surface area contributed by atoms with Gasteiger partial charge in [0.1, 0.15) is 5.82 Å². The second-order valence-corrected chi connectivity index (χ2v) is 10.1. The number of rotatable bonds is 9. The molecule has 6 heteroatoms. The maximum atomic E-state index is 14.4. The SMILES string of the molecule is CCC(c1nc2ccccc2c(=O)n1Cc1ccccc1)N(CCN(C)C)C(=O)c1cccc2ccccc12. The lowest BCUT2D eigenvalue weighted by molar-refractivity contribution is 0.0644. The largest absolute Gasteiger partial charge is 0.327 e. The fraction of sp³-hybridized carbons (Fsp3) is 0.242. The van der Waals surface area contributed by atoms with Crippen molar-refractivity contribution < 1.29 is 4.79 Å². The summed E-state index contributed by atoms with van der Waals surface area (Å²) in [6, 6.07) is 30.8. The molecule has 1 unspecified atom stereocenters. The number of fused-ring (bicyclic) bond motifs is 2. The predicted octanol–water partition coefficient (Wildman–Crippen LogP) is 5.75. The number of amides is 1. The molecule has 0 radical (unpaired) electrons. The number of para-hydroxylation sites is 1. The second-order valence-electron chi connectivity index (χ2n) is 10.1. The molecule has 5 rings (SSSR count). The van der Waals surface area contributed by atoms with Gasteiger partial charge in [-0.05, 0) is 55.1 Å². The minimum atomic E-state index is -0.391. The van der Waals surface area contributed by atoms with E-state index in [4.69, 9.17) is 4.98 Å². The molecule has 0 saturated carbocycles. The first-order chi connectivity index (χ1) is 19.0. The van der Waals surface area contributed by atoms with E-state index in [0.29, 0.717) is 48.3 Å². The van der Waals surface area contributed by atoms with Gasteiger partial charge in [0, 0.05) is 18.7 Å². The van der Waals surface area contributed by atoms with Gasteiger partial charge in [-0.1, -0.05) is 85.8 Å². The molecule has 6 nitrogen and oxygen atoms in total. The zero-order valence-corrected chi connectivity index (χ0v) is 22.7. The molecule has 0 N–H and O–H groups in total. The van der Waals surface area contributed by atoms with Gasteiger partial charge in [0.25, 0.3) is 11.5 Å². The van der Waals surface area contributed by atoms with Gasteiger partial charge in [0.05, 0.1) is 23.5 Å². The van der Waals surface area contributed by atoms with Gasteiger partial charge in [-0.2, -0.15) is 0 Å². The molecule has 0 aliphatic carbocycles. The van der Waals surface area contributed by atoms with Gasteiger partial charge in [-0.25, -0.2) is 4.98 Å². The number of carbonyl (C=O) groups is 1. The third kappa shape index (κ3) is 5.47. The molecule has 4 aromatic carbocycles. The highest BCUT2D eigenvalue weighted by molar-refractivity contribution is 6.07. The van der Waals surface area contributed by atoms with Gasteiger partial charge < -0.3 is 9.80 Å². The standard InChI is InChI=1S/C33H34N4O2/c1-4-30(36(22-21-35(2)3)32(38)27-19-12-16-25-15-8-9-17-26(25)27)31-34-29-20-11-10-18-28(29)33(39)37(31)23-24-13-6-5-7-14-24/h5-20,30H,4,21-23H2,1-3H3. The Hall–Kier alpha value is -4.29. The first-order valence-corrected chi connectivity index (χ1v) is 13.4. The van der Waals surface area contributed by atoms with Crippen LogP contribution in [-0.4, -0.2) is 52.4 Å². The molecule has 0 fully saturated rings. The molecule has 5 aromatic rings. The molecule has 1 aromatic heterocycles. The van der Waals surface area contributed by atoms with E-state index in [1.54, 1.807) is 4.57 Å². The van der Waals surface area contributed by atoms with Crippen LogP contribution >= 0.6 is 0 Å². The van der Waals surface area contributed by atoms with Crippen molar-refractivity contribution in [3.8, 4) is 0 Å². The lowest BCUT2D eigenvalue weighted by atomic mass is 10.0. The molecule has 0 spiro atoms. The monoisotopic (exact) mass is 518 g/mol. The Morgan fingerprint density at radius 3 is 2.23 bits per heavy atom. The highest BCUT2D eigenvalue weighted by Gasteiger charge is 2.30. The fourth-order valence-electron chi connectivity index (χ4n) is 5.17. The van der Waals surface area contributed by atoms with E-state index in [2.05, 4.69) is 11.8 Å². The van der Waals surface area contributed by atoms with Crippen LogP contribution in [0.5, 0.6) is 0 Å². The van der Waals surface area contributed by atoms with Crippen LogP contribution in [-0.2, 0) is 6.54 Å². The Kier molecular flexibility index (Phi) is 7.84. The van der Waals surface area contributed by atoms with Crippen LogP contribution in [0.15, 0.2) is 102 Å². The molecule has 0 aliphatic rings. The summed E-state index contributed by atoms with van der Waals surface area (Å²) in [5.74, 6) is 0.548. The maximum Gasteiger partial charge on any atom is 0.261 e. The van der Waals surface area contributed by atoms with Crippen molar-refractivity contribution in [2.75, 3.05) is 27.2 Å². The van der Waals surface area contributed by atoms with Crippen LogP contribution in [0, 0.1) is 0 Å². The smallest absolute Gasteiger partial charge is 0.261 e. The Labute approximate surface area is 229 Å². The third-order valence-corrected chi connectivity index (χ3v) is 7.20. The molecule has 1 atom stereocenters. The second kappa shape index (κ2) is 11.6. The first kappa shape index (κ1) is 26.3. The van der Waals surface area contributed by atoms with Crippen molar-refractivity contribution in [3.05, 3.63) is 124 Å². The Bertz CT molecular complexity index is 1650. The van der Waals surface area contributed by atoms with Crippen molar-refractivity contribution in [2.24, 2.45) is 0 Å². The summed E-state index contributed by atoms with van der Waals surface area (Å²) in [6.45, 7) is 3.62. The zero-order chi connectivity index (χ0) is 27.4. The van der Waals surface area contributed by atoms with E-state index in [1.165, 1.54) is 0 Å². The highest BCUT2D eigenvalue weighted by atomic mass is 16.2. The predicted molar refractivity (Wildman–Crippen MR) is 158 cm³/mol. The highest BCUT2D eigenvalue weighted by Crippen LogP contribution is 2.28. The lowest BCUT2D eigenvalue weighted by Crippen LogP contribution is -2.42. The zero-order valence-electron chi connectivity index (χ0n) is 22.7. The van der Waals surface area contributed by atoms with Crippen LogP contribution in [0.4, 0.5) is 0 Å². The van der Waals surface area contributed by atoms with E-state index in [0.717, 1.165) is 16.3 Å². The van der Waals surface area contributed by atoms with Crippen molar-refractivity contribution >= 4 is 27.6 Å². The summed E-state index contributed by atoms with van der Waals surface area (Å²) >= 11 is 0. The molecule has 39 heavy (non-hydrogen) atoms. The number of nitrogens with zero attached hydrogens (tertiary/aromatic N) is 4. The summed E-state index contributed by atoms with van der Waals surface area (Å²) in [5, 5.41) is 2.52. The van der Waals surface area contributed by atoms with Crippen molar-refractivity contribution in [2.45, 2.75) is 25.9 Å². The van der Waals surface area contributed by atoms with Crippen LogP contribution < -0.4 is 5.56 Å². The number of carbonyl (C=O) groups excluding carboxylic acids is 1. The molecule has 0 bridgehead atoms. The lowest BCUT2D eigenvalue weighted by Gasteiger charge is -2.33. The summed E-state index contributed by atoms with van der Waals surface area (Å²) in [6.07, 6.45) is 0.615. The molecule has 0 aliphatic heterocycles. The van der Waals surface area contributed by atoms with Crippen molar-refractivity contribution in [1.82, 2.24) is 19.4 Å². The number of hydrogen-bond acceptors (Lipinski definition) is 4. The summed E-state index contributed by atoms with van der Waals surface area (Å²) in [5.41, 5.74) is 2.21. The average molecular weight is 519 g/mol. The molecular formula is C33H34N4O2. The normalized spacial score (nSPS) is 12.2. The minimum Gasteiger partial charge on any atom is -0.327 e. The number of aromatic nitrogens is 2. The summed E-state index contributed by atoms with van der Waals surface area (Å²) in [7, 11) is 4.00. The first-order valence-electron chi connectivity index (χ1n) is 13.4. The van der Waals surface area contributed by atoms with Crippen LogP contribution in [0.25, 0.3) is 21.7 Å². The van der Waals surface area contributed by atoms with Crippen molar-refractivity contribution in [3.63, 3.8) is 0 Å². The van der Waals surface area contributed by atoms with Gasteiger partial charge in [-0.3, -0.25) is 14.2 Å². The number of benzene rings is 4. The molecule has 198 valence electrons. The van der Waals surface area contributed by atoms with Gasteiger partial charge in [0.2, 0.25) is 0 Å². The van der Waals surface area contributed by atoms with E-state index in [-0.39, 0.29) is 11.5 Å². The van der Waals surface area contributed by atoms with Gasteiger partial charge >= 0.3 is 0 Å². The van der Waals surface area contributed by atoms with Gasteiger partial charge in [-0.15, -0.1) is 0 Å². The van der Waals surface area contributed by atoms with Crippen LogP contribution in [0.2, 0.25) is 0 Å². The van der Waals surface area contributed by atoms with Crippen LogP contribution in [0.3, 0.4) is 0 Å². The number of hydrogen-bond donors (Lipinski definition) is 0. The minimum absolute atomic E-state index is 0.0610. The van der Waals surface area contributed by atoms with E-state index < -0.39 is 6.04 Å². The topological polar surface area (TPSA) is 58.4 Å². The summed E-state index contributed by atoms with van der Waals surface area (Å²) < 4.78 is 1.75. The van der Waals surface area contributed by atoms with E-state index >= 15 is 0 Å². The Balaban J connectivity index is 1.68. The number of likely N-dealkylation sites (N-methyl/N-ethyl adjacent to an activating group) is 1. The third-order valence-electron chi connectivity index (χ3n) is 7.20. The maximum absolute atomic E-state index is 14.4. The quantitative estimate of drug-likeness (QED) is 0.249. The molecule has 0 saturated heterocycles. The fourth-order valence-corrected chi connectivity index (χ4v) is 5.17. The van der Waals surface area contributed by atoms with Crippen LogP contribution in [0.1, 0.15) is 41.1 Å². The Morgan fingerprint density at radius 1 is 0.821 bits per heavy atom. The summed E-state index contributed by atoms with van der Waals surface area (Å²) in [4.78, 5) is 37.3. The molecular weight excluding hydrogens is 484 g/mol. The van der Waals surface area contributed by atoms with E-state index in [9.17, 15) is 9.59 Å². The van der Waals surface area contributed by atoms with Crippen molar-refractivity contribution in [1.29, 1.82) is 0 Å². The van der Waals surface area contributed by atoms with E-state index in [1.807, 2.05) is 116 Å². The average Bonchev–Trinajstić information content (AvgIpc) is 2.96.